The third-order valence-corrected chi connectivity index (χ3v) is 4.12. The van der Waals surface area contributed by atoms with Gasteiger partial charge in [0.15, 0.2) is 0 Å². The lowest BCUT2D eigenvalue weighted by molar-refractivity contribution is 0.879. The van der Waals surface area contributed by atoms with E-state index >= 15 is 0 Å². The number of rotatable bonds is 2. The summed E-state index contributed by atoms with van der Waals surface area (Å²) >= 11 is 9.70. The van der Waals surface area contributed by atoms with Crippen LogP contribution in [0.3, 0.4) is 0 Å². The highest BCUT2D eigenvalue weighted by Crippen LogP contribution is 2.34. The van der Waals surface area contributed by atoms with E-state index in [9.17, 15) is 0 Å². The Morgan fingerprint density at radius 3 is 2.50 bits per heavy atom. The van der Waals surface area contributed by atoms with Gasteiger partial charge in [0.2, 0.25) is 0 Å². The molecule has 0 fully saturated rings. The lowest BCUT2D eigenvalue weighted by atomic mass is 10.2. The van der Waals surface area contributed by atoms with Gasteiger partial charge in [0.1, 0.15) is 16.6 Å². The molecule has 0 aliphatic carbocycles. The van der Waals surface area contributed by atoms with Crippen LogP contribution < -0.4 is 0 Å². The zero-order chi connectivity index (χ0) is 11.9. The molecule has 0 N–H and O–H groups in total. The molecule has 0 unspecified atom stereocenters. The van der Waals surface area contributed by atoms with Crippen molar-refractivity contribution in [1.82, 2.24) is 14.5 Å². The SMILES string of the molecule is CCc1nc(CC)c2c(Br)c(Cl)n(C)c2n1. The van der Waals surface area contributed by atoms with Crippen molar-refractivity contribution in [1.29, 1.82) is 0 Å². The standard InChI is InChI=1S/C11H13BrClN3/c1-4-6-8-9(12)10(13)16(3)11(8)15-7(5-2)14-6/h4-5H2,1-3H3. The second-order valence-electron chi connectivity index (χ2n) is 3.66. The summed E-state index contributed by atoms with van der Waals surface area (Å²) in [5.41, 5.74) is 1.96. The Labute approximate surface area is 108 Å². The molecule has 0 bridgehead atoms. The van der Waals surface area contributed by atoms with E-state index in [1.807, 2.05) is 11.6 Å². The molecule has 86 valence electrons. The van der Waals surface area contributed by atoms with Gasteiger partial charge in [0, 0.05) is 13.5 Å². The van der Waals surface area contributed by atoms with Gasteiger partial charge in [-0.1, -0.05) is 25.4 Å². The maximum Gasteiger partial charge on any atom is 0.146 e. The minimum absolute atomic E-state index is 0.673. The molecular weight excluding hydrogens is 289 g/mol. The molecule has 0 radical (unpaired) electrons. The molecular formula is C11H13BrClN3. The van der Waals surface area contributed by atoms with Crippen molar-refractivity contribution < 1.29 is 0 Å². The van der Waals surface area contributed by atoms with Crippen LogP contribution >= 0.6 is 27.5 Å². The van der Waals surface area contributed by atoms with E-state index in [-0.39, 0.29) is 0 Å². The summed E-state index contributed by atoms with van der Waals surface area (Å²) in [5.74, 6) is 0.870. The van der Waals surface area contributed by atoms with Gasteiger partial charge in [-0.3, -0.25) is 0 Å². The van der Waals surface area contributed by atoms with Crippen molar-refractivity contribution in [3.63, 3.8) is 0 Å². The highest BCUT2D eigenvalue weighted by Gasteiger charge is 2.17. The molecule has 16 heavy (non-hydrogen) atoms. The summed E-state index contributed by atoms with van der Waals surface area (Å²) in [6, 6.07) is 0. The molecule has 0 amide bonds. The summed E-state index contributed by atoms with van der Waals surface area (Å²) in [5, 5.41) is 1.71. The third-order valence-electron chi connectivity index (χ3n) is 2.68. The Morgan fingerprint density at radius 1 is 1.25 bits per heavy atom. The molecule has 2 heterocycles. The van der Waals surface area contributed by atoms with Crippen molar-refractivity contribution in [3.05, 3.63) is 21.1 Å². The van der Waals surface area contributed by atoms with Crippen LogP contribution in [0.25, 0.3) is 11.0 Å². The maximum absolute atomic E-state index is 6.19. The van der Waals surface area contributed by atoms with E-state index in [1.54, 1.807) is 0 Å². The molecule has 2 aromatic rings. The van der Waals surface area contributed by atoms with Crippen LogP contribution in [-0.4, -0.2) is 14.5 Å². The van der Waals surface area contributed by atoms with Crippen molar-refractivity contribution in [2.24, 2.45) is 7.05 Å². The highest BCUT2D eigenvalue weighted by atomic mass is 79.9. The number of fused-ring (bicyclic) bond motifs is 1. The van der Waals surface area contributed by atoms with Gasteiger partial charge in [-0.2, -0.15) is 0 Å². The first-order valence-electron chi connectivity index (χ1n) is 5.29. The van der Waals surface area contributed by atoms with Crippen LogP contribution in [0.4, 0.5) is 0 Å². The van der Waals surface area contributed by atoms with E-state index in [0.29, 0.717) is 5.15 Å². The second-order valence-corrected chi connectivity index (χ2v) is 4.81. The summed E-state index contributed by atoms with van der Waals surface area (Å²) in [6.45, 7) is 4.15. The first-order chi connectivity index (χ1) is 7.60. The fourth-order valence-electron chi connectivity index (χ4n) is 1.77. The van der Waals surface area contributed by atoms with Crippen molar-refractivity contribution >= 4 is 38.6 Å². The largest absolute Gasteiger partial charge is 0.318 e. The van der Waals surface area contributed by atoms with Crippen molar-refractivity contribution in [2.75, 3.05) is 0 Å². The van der Waals surface area contributed by atoms with Crippen LogP contribution in [0.2, 0.25) is 5.15 Å². The van der Waals surface area contributed by atoms with Gasteiger partial charge in [0.25, 0.3) is 0 Å². The predicted octanol–water partition coefficient (Wildman–Crippen LogP) is 3.51. The number of hydrogen-bond donors (Lipinski definition) is 0. The molecule has 0 aliphatic heterocycles. The average molecular weight is 303 g/mol. The van der Waals surface area contributed by atoms with Gasteiger partial charge >= 0.3 is 0 Å². The Morgan fingerprint density at radius 2 is 1.94 bits per heavy atom. The lowest BCUT2D eigenvalue weighted by Crippen LogP contribution is -2.00. The summed E-state index contributed by atoms with van der Waals surface area (Å²) in [7, 11) is 1.92. The summed E-state index contributed by atoms with van der Waals surface area (Å²) in [6.07, 6.45) is 1.72. The van der Waals surface area contributed by atoms with Gasteiger partial charge in [-0.25, -0.2) is 9.97 Å². The smallest absolute Gasteiger partial charge is 0.146 e. The third kappa shape index (κ3) is 1.64. The fraction of sp³-hybridized carbons (Fsp3) is 0.455. The minimum Gasteiger partial charge on any atom is -0.318 e. The van der Waals surface area contributed by atoms with E-state index < -0.39 is 0 Å². The van der Waals surface area contributed by atoms with Gasteiger partial charge < -0.3 is 4.57 Å². The molecule has 0 saturated heterocycles. The molecule has 2 aromatic heterocycles. The molecule has 0 atom stereocenters. The molecule has 5 heteroatoms. The van der Waals surface area contributed by atoms with E-state index in [0.717, 1.165) is 39.9 Å². The van der Waals surface area contributed by atoms with Crippen LogP contribution in [0, 0.1) is 0 Å². The average Bonchev–Trinajstić information content (AvgIpc) is 2.53. The molecule has 0 spiro atoms. The Kier molecular flexibility index (Phi) is 3.22. The zero-order valence-electron chi connectivity index (χ0n) is 9.51. The zero-order valence-corrected chi connectivity index (χ0v) is 11.9. The van der Waals surface area contributed by atoms with Crippen LogP contribution in [-0.2, 0) is 19.9 Å². The maximum atomic E-state index is 6.19. The van der Waals surface area contributed by atoms with Crippen LogP contribution in [0.5, 0.6) is 0 Å². The molecule has 0 aromatic carbocycles. The summed E-state index contributed by atoms with van der Waals surface area (Å²) < 4.78 is 2.78. The first kappa shape index (κ1) is 11.9. The second kappa shape index (κ2) is 4.34. The molecule has 2 rings (SSSR count). The van der Waals surface area contributed by atoms with Gasteiger partial charge in [-0.15, -0.1) is 0 Å². The lowest BCUT2D eigenvalue weighted by Gasteiger charge is -2.03. The Balaban J connectivity index is 2.90. The van der Waals surface area contributed by atoms with Crippen LogP contribution in [0.15, 0.2) is 4.47 Å². The predicted molar refractivity (Wildman–Crippen MR) is 70.0 cm³/mol. The fourth-order valence-corrected chi connectivity index (χ4v) is 2.62. The van der Waals surface area contributed by atoms with Crippen molar-refractivity contribution in [2.45, 2.75) is 26.7 Å². The quantitative estimate of drug-likeness (QED) is 0.850. The Bertz CT molecular complexity index is 548. The highest BCUT2D eigenvalue weighted by molar-refractivity contribution is 9.10. The van der Waals surface area contributed by atoms with Crippen molar-refractivity contribution in [3.8, 4) is 0 Å². The number of halogens is 2. The first-order valence-corrected chi connectivity index (χ1v) is 6.46. The van der Waals surface area contributed by atoms with Crippen LogP contribution in [0.1, 0.15) is 25.4 Å². The number of aryl methyl sites for hydroxylation is 3. The topological polar surface area (TPSA) is 30.7 Å². The van der Waals surface area contributed by atoms with E-state index in [2.05, 4.69) is 39.7 Å². The Hall–Kier alpha value is -0.610. The number of nitrogens with zero attached hydrogens (tertiary/aromatic N) is 3. The number of hydrogen-bond acceptors (Lipinski definition) is 2. The van der Waals surface area contributed by atoms with E-state index in [4.69, 9.17) is 11.6 Å². The molecule has 0 saturated carbocycles. The number of aromatic nitrogens is 3. The van der Waals surface area contributed by atoms with Gasteiger partial charge in [0.05, 0.1) is 15.6 Å². The molecule has 0 aliphatic rings. The monoisotopic (exact) mass is 301 g/mol. The summed E-state index contributed by atoms with van der Waals surface area (Å²) in [4.78, 5) is 9.06. The minimum atomic E-state index is 0.673. The van der Waals surface area contributed by atoms with Gasteiger partial charge in [-0.05, 0) is 22.4 Å². The molecule has 3 nitrogen and oxygen atoms in total. The van der Waals surface area contributed by atoms with E-state index in [1.165, 1.54) is 0 Å². The normalized spacial score (nSPS) is 11.3.